The van der Waals surface area contributed by atoms with Crippen molar-refractivity contribution in [2.45, 2.75) is 63.8 Å². The summed E-state index contributed by atoms with van der Waals surface area (Å²) in [6.07, 6.45) is 1.37. The number of hydrogen-bond donors (Lipinski definition) is 1. The topological polar surface area (TPSA) is 55.6 Å². The quantitative estimate of drug-likeness (QED) is 0.777. The Labute approximate surface area is 176 Å². The average Bonchev–Trinajstić information content (AvgIpc) is 2.63. The van der Waals surface area contributed by atoms with Crippen LogP contribution in [-0.2, 0) is 11.2 Å². The maximum Gasteiger partial charge on any atom is 0.410 e. The molecule has 2 aromatic carbocycles. The normalized spacial score (nSPS) is 25.6. The number of nitrogens with zero attached hydrogens (tertiary/aromatic N) is 1. The van der Waals surface area contributed by atoms with Crippen molar-refractivity contribution in [3.63, 3.8) is 0 Å². The SMILES string of the molecule is CC(C)(C)OC(=O)N1C2CC(C2)C(N)C1Cc1cc(F)cc(-c2ccccc2)c1F. The van der Waals surface area contributed by atoms with Crippen LogP contribution in [0.25, 0.3) is 11.1 Å². The van der Waals surface area contributed by atoms with Crippen LogP contribution in [0.3, 0.4) is 0 Å². The summed E-state index contributed by atoms with van der Waals surface area (Å²) in [4.78, 5) is 14.6. The van der Waals surface area contributed by atoms with Crippen LogP contribution < -0.4 is 5.73 Å². The Morgan fingerprint density at radius 1 is 1.17 bits per heavy atom. The van der Waals surface area contributed by atoms with Gasteiger partial charge in [0.05, 0.1) is 6.04 Å². The van der Waals surface area contributed by atoms with Gasteiger partial charge in [0, 0.05) is 17.6 Å². The van der Waals surface area contributed by atoms with Gasteiger partial charge in [0.1, 0.15) is 17.2 Å². The largest absolute Gasteiger partial charge is 0.444 e. The number of carbonyl (C=O) groups is 1. The first-order valence-corrected chi connectivity index (χ1v) is 10.4. The first-order chi connectivity index (χ1) is 14.1. The Balaban J connectivity index is 1.66. The van der Waals surface area contributed by atoms with Crippen LogP contribution in [-0.4, -0.2) is 34.7 Å². The predicted octanol–water partition coefficient (Wildman–Crippen LogP) is 4.90. The summed E-state index contributed by atoms with van der Waals surface area (Å²) < 4.78 is 35.4. The maximum atomic E-state index is 15.4. The van der Waals surface area contributed by atoms with E-state index in [0.29, 0.717) is 11.5 Å². The van der Waals surface area contributed by atoms with Crippen LogP contribution in [0.2, 0.25) is 0 Å². The molecule has 0 spiro atoms. The summed E-state index contributed by atoms with van der Waals surface area (Å²) in [6, 6.07) is 10.6. The second-order valence-electron chi connectivity index (χ2n) is 9.41. The minimum atomic E-state index is -0.642. The zero-order valence-electron chi connectivity index (χ0n) is 17.6. The van der Waals surface area contributed by atoms with Gasteiger partial charge in [-0.25, -0.2) is 13.6 Å². The number of piperidine rings is 2. The number of carbonyl (C=O) groups excluding carboxylic acids is 1. The fourth-order valence-corrected chi connectivity index (χ4v) is 4.62. The monoisotopic (exact) mass is 414 g/mol. The third kappa shape index (κ3) is 3.93. The van der Waals surface area contributed by atoms with Crippen molar-refractivity contribution in [1.82, 2.24) is 4.90 Å². The molecule has 2 bridgehead atoms. The molecule has 160 valence electrons. The Hall–Kier alpha value is -2.47. The molecule has 4 nitrogen and oxygen atoms in total. The van der Waals surface area contributed by atoms with Crippen molar-refractivity contribution in [1.29, 1.82) is 0 Å². The zero-order chi connectivity index (χ0) is 21.6. The van der Waals surface area contributed by atoms with Crippen molar-refractivity contribution in [3.8, 4) is 11.1 Å². The molecule has 6 heteroatoms. The molecular weight excluding hydrogens is 386 g/mol. The van der Waals surface area contributed by atoms with E-state index < -0.39 is 29.4 Å². The molecule has 0 aromatic heterocycles. The molecule has 2 heterocycles. The van der Waals surface area contributed by atoms with E-state index in [1.54, 1.807) is 29.2 Å². The molecule has 2 N–H and O–H groups in total. The molecule has 1 aliphatic carbocycles. The predicted molar refractivity (Wildman–Crippen MR) is 112 cm³/mol. The third-order valence-corrected chi connectivity index (χ3v) is 6.12. The van der Waals surface area contributed by atoms with Crippen molar-refractivity contribution < 1.29 is 18.3 Å². The second-order valence-corrected chi connectivity index (χ2v) is 9.41. The van der Waals surface area contributed by atoms with Gasteiger partial charge in [-0.05, 0) is 69.2 Å². The number of hydrogen-bond acceptors (Lipinski definition) is 3. The van der Waals surface area contributed by atoms with Gasteiger partial charge in [-0.15, -0.1) is 0 Å². The highest BCUT2D eigenvalue weighted by Gasteiger charge is 2.52. The highest BCUT2D eigenvalue weighted by molar-refractivity contribution is 5.70. The van der Waals surface area contributed by atoms with Crippen molar-refractivity contribution in [3.05, 3.63) is 59.7 Å². The maximum absolute atomic E-state index is 15.4. The van der Waals surface area contributed by atoms with Gasteiger partial charge in [0.25, 0.3) is 0 Å². The first-order valence-electron chi connectivity index (χ1n) is 10.4. The minimum Gasteiger partial charge on any atom is -0.444 e. The molecular formula is C24H28F2N2O2. The van der Waals surface area contributed by atoms with Gasteiger partial charge in [-0.1, -0.05) is 30.3 Å². The fraction of sp³-hybridized carbons (Fsp3) is 0.458. The van der Waals surface area contributed by atoms with E-state index in [9.17, 15) is 9.18 Å². The molecule has 5 rings (SSSR count). The lowest BCUT2D eigenvalue weighted by atomic mass is 9.67. The van der Waals surface area contributed by atoms with Gasteiger partial charge in [-0.3, -0.25) is 0 Å². The highest BCUT2D eigenvalue weighted by atomic mass is 19.1. The number of amides is 1. The summed E-state index contributed by atoms with van der Waals surface area (Å²) in [5.74, 6) is -0.689. The van der Waals surface area contributed by atoms with E-state index in [1.807, 2.05) is 26.8 Å². The lowest BCUT2D eigenvalue weighted by molar-refractivity contribution is -0.0619. The van der Waals surface area contributed by atoms with Crippen molar-refractivity contribution in [2.24, 2.45) is 11.7 Å². The van der Waals surface area contributed by atoms with Crippen molar-refractivity contribution >= 4 is 6.09 Å². The zero-order valence-corrected chi connectivity index (χ0v) is 17.6. The number of benzene rings is 2. The molecule has 1 amide bonds. The Morgan fingerprint density at radius 2 is 1.83 bits per heavy atom. The van der Waals surface area contributed by atoms with Gasteiger partial charge in [-0.2, -0.15) is 0 Å². The smallest absolute Gasteiger partial charge is 0.410 e. The lowest BCUT2D eigenvalue weighted by Gasteiger charge is -2.56. The third-order valence-electron chi connectivity index (χ3n) is 6.12. The van der Waals surface area contributed by atoms with Crippen LogP contribution >= 0.6 is 0 Å². The Morgan fingerprint density at radius 3 is 2.47 bits per heavy atom. The fourth-order valence-electron chi connectivity index (χ4n) is 4.62. The molecule has 2 saturated heterocycles. The van der Waals surface area contributed by atoms with Gasteiger partial charge in [0.2, 0.25) is 0 Å². The molecule has 0 radical (unpaired) electrons. The Kier molecular flexibility index (Phi) is 5.30. The lowest BCUT2D eigenvalue weighted by Crippen LogP contribution is -2.69. The standard InChI is InChI=1S/C24H28F2N2O2/c1-24(2,3)30-23(29)28-18-10-16(11-18)22(27)20(28)12-15-9-17(25)13-19(21(15)26)14-7-5-4-6-8-14/h4-9,13,16,18,20,22H,10-12,27H2,1-3H3. The number of nitrogens with two attached hydrogens (primary N) is 1. The molecule has 3 fully saturated rings. The van der Waals surface area contributed by atoms with Gasteiger partial charge in [0.15, 0.2) is 0 Å². The van der Waals surface area contributed by atoms with Gasteiger partial charge < -0.3 is 15.4 Å². The molecule has 2 atom stereocenters. The molecule has 30 heavy (non-hydrogen) atoms. The number of halogens is 2. The molecule has 2 aromatic rings. The van der Waals surface area contributed by atoms with E-state index in [1.165, 1.54) is 12.1 Å². The van der Waals surface area contributed by atoms with Crippen molar-refractivity contribution in [2.75, 3.05) is 0 Å². The second kappa shape index (κ2) is 7.65. The summed E-state index contributed by atoms with van der Waals surface area (Å²) in [5, 5.41) is 0. The van der Waals surface area contributed by atoms with Crippen LogP contribution in [0.1, 0.15) is 39.2 Å². The number of rotatable bonds is 3. The first kappa shape index (κ1) is 20.8. The highest BCUT2D eigenvalue weighted by Crippen LogP contribution is 2.44. The minimum absolute atomic E-state index is 0.0415. The van der Waals surface area contributed by atoms with E-state index in [2.05, 4.69) is 0 Å². The van der Waals surface area contributed by atoms with Gasteiger partial charge >= 0.3 is 6.09 Å². The summed E-state index contributed by atoms with van der Waals surface area (Å²) in [7, 11) is 0. The molecule has 2 aliphatic heterocycles. The van der Waals surface area contributed by atoms with E-state index in [4.69, 9.17) is 10.5 Å². The number of ether oxygens (including phenoxy) is 1. The van der Waals surface area contributed by atoms with E-state index in [0.717, 1.165) is 12.8 Å². The van der Waals surface area contributed by atoms with Crippen LogP contribution in [0.4, 0.5) is 13.6 Å². The molecule has 1 saturated carbocycles. The summed E-state index contributed by atoms with van der Waals surface area (Å²) in [6.45, 7) is 5.43. The van der Waals surface area contributed by atoms with Crippen LogP contribution in [0, 0.1) is 17.6 Å². The van der Waals surface area contributed by atoms with Crippen LogP contribution in [0.5, 0.6) is 0 Å². The Bertz CT molecular complexity index is 936. The van der Waals surface area contributed by atoms with E-state index in [-0.39, 0.29) is 29.6 Å². The van der Waals surface area contributed by atoms with Crippen LogP contribution in [0.15, 0.2) is 42.5 Å². The van der Waals surface area contributed by atoms with E-state index >= 15 is 4.39 Å². The summed E-state index contributed by atoms with van der Waals surface area (Å²) >= 11 is 0. The average molecular weight is 414 g/mol. The molecule has 3 aliphatic rings. The number of fused-ring (bicyclic) bond motifs is 2. The summed E-state index contributed by atoms with van der Waals surface area (Å²) in [5.41, 5.74) is 6.87. The molecule has 2 unspecified atom stereocenters.